The molecule has 1 aliphatic rings. The van der Waals surface area contributed by atoms with E-state index < -0.39 is 19.4 Å². The van der Waals surface area contributed by atoms with E-state index in [2.05, 4.69) is 44.2 Å². The van der Waals surface area contributed by atoms with Crippen molar-refractivity contribution >= 4 is 20.3 Å². The first-order valence-electron chi connectivity index (χ1n) is 5.98. The SMILES string of the molecule is Cc1ccc2c(c1)Cc1c-2ccc(C)[c]1[Zr]([Cl])[Cl]. The van der Waals surface area contributed by atoms with E-state index in [9.17, 15) is 0 Å². The van der Waals surface area contributed by atoms with Gasteiger partial charge in [-0.15, -0.1) is 0 Å². The molecule has 0 aliphatic heterocycles. The van der Waals surface area contributed by atoms with Crippen molar-refractivity contribution in [2.24, 2.45) is 0 Å². The van der Waals surface area contributed by atoms with Gasteiger partial charge in [0.1, 0.15) is 0 Å². The molecular weight excluding hydrogens is 342 g/mol. The first kappa shape index (κ1) is 12.9. The molecule has 0 nitrogen and oxygen atoms in total. The molecule has 3 rings (SSSR count). The fourth-order valence-corrected chi connectivity index (χ4v) is 7.95. The summed E-state index contributed by atoms with van der Waals surface area (Å²) in [4.78, 5) is 0. The molecule has 1 aliphatic carbocycles. The molecule has 91 valence electrons. The molecule has 0 heterocycles. The van der Waals surface area contributed by atoms with Crippen molar-refractivity contribution in [3.8, 4) is 11.1 Å². The zero-order chi connectivity index (χ0) is 12.9. The quantitative estimate of drug-likeness (QED) is 0.606. The van der Waals surface area contributed by atoms with Crippen LogP contribution < -0.4 is 3.27 Å². The predicted molar refractivity (Wildman–Crippen MR) is 75.5 cm³/mol. The summed E-state index contributed by atoms with van der Waals surface area (Å²) in [5.41, 5.74) is 8.07. The van der Waals surface area contributed by atoms with Gasteiger partial charge in [0.05, 0.1) is 0 Å². The molecule has 0 saturated carbocycles. The molecule has 0 atom stereocenters. The Bertz CT molecular complexity index is 633. The van der Waals surface area contributed by atoms with E-state index in [-0.39, 0.29) is 0 Å². The molecule has 2 aromatic carbocycles. The number of halogens is 2. The summed E-state index contributed by atoms with van der Waals surface area (Å²) in [5.74, 6) is 0. The van der Waals surface area contributed by atoms with Crippen LogP contribution in [0.25, 0.3) is 11.1 Å². The van der Waals surface area contributed by atoms with Gasteiger partial charge in [-0.05, 0) is 0 Å². The zero-order valence-electron chi connectivity index (χ0n) is 10.3. The van der Waals surface area contributed by atoms with Crippen molar-refractivity contribution in [3.63, 3.8) is 0 Å². The van der Waals surface area contributed by atoms with Crippen molar-refractivity contribution in [2.45, 2.75) is 20.3 Å². The molecule has 2 aromatic rings. The molecule has 3 heteroatoms. The monoisotopic (exact) mass is 353 g/mol. The van der Waals surface area contributed by atoms with Gasteiger partial charge in [-0.1, -0.05) is 0 Å². The average molecular weight is 355 g/mol. The van der Waals surface area contributed by atoms with Gasteiger partial charge in [0.25, 0.3) is 0 Å². The van der Waals surface area contributed by atoms with Gasteiger partial charge in [0.15, 0.2) is 0 Å². The number of benzene rings is 2. The first-order valence-corrected chi connectivity index (χ1v) is 13.5. The van der Waals surface area contributed by atoms with Crippen LogP contribution in [0.1, 0.15) is 22.3 Å². The maximum absolute atomic E-state index is 6.33. The molecular formula is C15H13Cl2Zr. The van der Waals surface area contributed by atoms with Crippen molar-refractivity contribution in [1.82, 2.24) is 0 Å². The second kappa shape index (κ2) is 4.78. The summed E-state index contributed by atoms with van der Waals surface area (Å²) in [6.07, 6.45) is 0.993. The van der Waals surface area contributed by atoms with Gasteiger partial charge in [0, 0.05) is 0 Å². The summed E-state index contributed by atoms with van der Waals surface area (Å²) in [6, 6.07) is 11.1. The van der Waals surface area contributed by atoms with Crippen LogP contribution in [0.4, 0.5) is 0 Å². The number of rotatable bonds is 1. The Balaban J connectivity index is 2.25. The minimum absolute atomic E-state index is 0.993. The minimum atomic E-state index is -2.38. The van der Waals surface area contributed by atoms with Gasteiger partial charge in [-0.3, -0.25) is 0 Å². The van der Waals surface area contributed by atoms with Gasteiger partial charge >= 0.3 is 124 Å². The van der Waals surface area contributed by atoms with E-state index in [1.54, 1.807) is 0 Å². The number of hydrogen-bond donors (Lipinski definition) is 0. The topological polar surface area (TPSA) is 0 Å². The van der Waals surface area contributed by atoms with E-state index in [1.165, 1.54) is 36.7 Å². The van der Waals surface area contributed by atoms with E-state index in [0.29, 0.717) is 0 Å². The van der Waals surface area contributed by atoms with E-state index in [1.807, 2.05) is 0 Å². The Kier molecular flexibility index (Phi) is 3.43. The number of aryl methyl sites for hydroxylation is 2. The third-order valence-electron chi connectivity index (χ3n) is 3.63. The first-order chi connectivity index (χ1) is 8.58. The number of hydrogen-bond acceptors (Lipinski definition) is 0. The number of fused-ring (bicyclic) bond motifs is 3. The Hall–Kier alpha value is -0.0969. The van der Waals surface area contributed by atoms with E-state index in [0.717, 1.165) is 6.42 Å². The normalized spacial score (nSPS) is 12.2. The van der Waals surface area contributed by atoms with Crippen molar-refractivity contribution < 1.29 is 19.4 Å². The third-order valence-corrected chi connectivity index (χ3v) is 8.50. The summed E-state index contributed by atoms with van der Waals surface area (Å²) < 4.78 is 1.28. The standard InChI is InChI=1S/C15H13.2ClH.Zr/c1-10-3-5-14-12(7-10)9-13-8-11(2)4-6-15(13)14;;;/h3-7H,9H2,1-2H3;2*1H;/q;;;+2/p-2. The van der Waals surface area contributed by atoms with Gasteiger partial charge < -0.3 is 0 Å². The van der Waals surface area contributed by atoms with Gasteiger partial charge in [0.2, 0.25) is 0 Å². The maximum atomic E-state index is 6.33. The molecule has 18 heavy (non-hydrogen) atoms. The Morgan fingerprint density at radius 1 is 1.00 bits per heavy atom. The summed E-state index contributed by atoms with van der Waals surface area (Å²) in [6.45, 7) is 4.26. The predicted octanol–water partition coefficient (Wildman–Crippen LogP) is 4.43. The molecule has 0 fully saturated rings. The van der Waals surface area contributed by atoms with Crippen LogP contribution >= 0.6 is 17.0 Å². The second-order valence-corrected chi connectivity index (χ2v) is 13.0. The van der Waals surface area contributed by atoms with Gasteiger partial charge in [-0.25, -0.2) is 0 Å². The molecule has 0 aromatic heterocycles. The third kappa shape index (κ3) is 2.01. The molecule has 0 amide bonds. The molecule has 0 radical (unpaired) electrons. The Labute approximate surface area is 123 Å². The molecule has 0 unspecified atom stereocenters. The van der Waals surface area contributed by atoms with Crippen LogP contribution in [0.3, 0.4) is 0 Å². The van der Waals surface area contributed by atoms with Crippen LogP contribution in [0.2, 0.25) is 0 Å². The van der Waals surface area contributed by atoms with Gasteiger partial charge in [-0.2, -0.15) is 0 Å². The molecule has 0 saturated heterocycles. The van der Waals surface area contributed by atoms with Crippen LogP contribution in [0.5, 0.6) is 0 Å². The Morgan fingerprint density at radius 2 is 1.72 bits per heavy atom. The second-order valence-electron chi connectivity index (χ2n) is 4.88. The van der Waals surface area contributed by atoms with Crippen LogP contribution in [-0.2, 0) is 25.8 Å². The fraction of sp³-hybridized carbons (Fsp3) is 0.200. The fourth-order valence-electron chi connectivity index (χ4n) is 2.79. The van der Waals surface area contributed by atoms with Crippen LogP contribution in [0.15, 0.2) is 30.3 Å². The van der Waals surface area contributed by atoms with Crippen molar-refractivity contribution in [1.29, 1.82) is 0 Å². The Morgan fingerprint density at radius 3 is 2.44 bits per heavy atom. The molecule has 0 N–H and O–H groups in total. The van der Waals surface area contributed by atoms with Crippen molar-refractivity contribution in [2.75, 3.05) is 0 Å². The summed E-state index contributed by atoms with van der Waals surface area (Å²) in [7, 11) is 12.7. The van der Waals surface area contributed by atoms with Crippen LogP contribution in [0, 0.1) is 13.8 Å². The van der Waals surface area contributed by atoms with E-state index in [4.69, 9.17) is 17.0 Å². The van der Waals surface area contributed by atoms with Crippen molar-refractivity contribution in [3.05, 3.63) is 52.6 Å². The zero-order valence-corrected chi connectivity index (χ0v) is 14.3. The molecule has 0 spiro atoms. The summed E-state index contributed by atoms with van der Waals surface area (Å²) in [5, 5.41) is 0. The summed E-state index contributed by atoms with van der Waals surface area (Å²) >= 11 is -2.38. The molecule has 0 bridgehead atoms. The van der Waals surface area contributed by atoms with E-state index >= 15 is 0 Å². The average Bonchev–Trinajstić information content (AvgIpc) is 2.64. The van der Waals surface area contributed by atoms with Crippen LogP contribution in [-0.4, -0.2) is 0 Å².